The summed E-state index contributed by atoms with van der Waals surface area (Å²) >= 11 is 0. The minimum atomic E-state index is 0.623. The van der Waals surface area contributed by atoms with Crippen molar-refractivity contribution in [2.24, 2.45) is 0 Å². The van der Waals surface area contributed by atoms with Crippen LogP contribution < -0.4 is 5.32 Å². The van der Waals surface area contributed by atoms with Crippen LogP contribution in [-0.2, 0) is 6.54 Å². The van der Waals surface area contributed by atoms with E-state index in [4.69, 9.17) is 9.68 Å². The molecule has 2 N–H and O–H groups in total. The number of nitrogens with one attached hydrogen (secondary N) is 2. The average molecular weight is 278 g/mol. The first kappa shape index (κ1) is 13.0. The number of nitriles is 1. The lowest BCUT2D eigenvalue weighted by molar-refractivity contribution is 0.545. The Hall–Kier alpha value is -3.00. The maximum atomic E-state index is 8.78. The number of aromatic amines is 1. The van der Waals surface area contributed by atoms with E-state index in [2.05, 4.69) is 21.6 Å². The highest BCUT2D eigenvalue weighted by molar-refractivity contribution is 5.58. The molecule has 2 aromatic heterocycles. The van der Waals surface area contributed by atoms with Crippen LogP contribution in [0.5, 0.6) is 0 Å². The lowest BCUT2D eigenvalue weighted by Gasteiger charge is -2.06. The molecular formula is C16H14N4O. The minimum Gasteiger partial charge on any atom is -0.460 e. The van der Waals surface area contributed by atoms with Crippen LogP contribution in [0, 0.1) is 18.3 Å². The number of furan rings is 1. The SMILES string of the molecule is Cc1ccc(-c2[nH]ncc2CNc2ccc(C#N)cc2)o1. The monoisotopic (exact) mass is 278 g/mol. The molecule has 3 rings (SSSR count). The topological polar surface area (TPSA) is 77.6 Å². The molecule has 0 aliphatic carbocycles. The summed E-state index contributed by atoms with van der Waals surface area (Å²) < 4.78 is 5.62. The molecule has 1 aromatic carbocycles. The van der Waals surface area contributed by atoms with Gasteiger partial charge in [-0.2, -0.15) is 10.4 Å². The Balaban J connectivity index is 1.74. The summed E-state index contributed by atoms with van der Waals surface area (Å²) in [5, 5.41) is 19.1. The molecule has 5 heteroatoms. The Labute approximate surface area is 122 Å². The van der Waals surface area contributed by atoms with Gasteiger partial charge in [-0.3, -0.25) is 5.10 Å². The van der Waals surface area contributed by atoms with Crippen LogP contribution in [0.15, 0.2) is 47.0 Å². The third-order valence-electron chi connectivity index (χ3n) is 3.20. The summed E-state index contributed by atoms with van der Waals surface area (Å²) in [5.74, 6) is 1.65. The summed E-state index contributed by atoms with van der Waals surface area (Å²) in [6, 6.07) is 13.3. The van der Waals surface area contributed by atoms with Crippen LogP contribution >= 0.6 is 0 Å². The van der Waals surface area contributed by atoms with Gasteiger partial charge in [0.1, 0.15) is 11.5 Å². The summed E-state index contributed by atoms with van der Waals surface area (Å²) in [6.07, 6.45) is 1.78. The Morgan fingerprint density at radius 1 is 1.24 bits per heavy atom. The van der Waals surface area contributed by atoms with Gasteiger partial charge in [0.25, 0.3) is 0 Å². The minimum absolute atomic E-state index is 0.623. The van der Waals surface area contributed by atoms with Gasteiger partial charge in [0.2, 0.25) is 0 Å². The number of rotatable bonds is 4. The number of aryl methyl sites for hydroxylation is 1. The molecule has 0 amide bonds. The molecule has 3 aromatic rings. The van der Waals surface area contributed by atoms with Gasteiger partial charge in [-0.1, -0.05) is 0 Å². The molecule has 0 radical (unpaired) electrons. The average Bonchev–Trinajstić information content (AvgIpc) is 3.14. The molecule has 0 aliphatic heterocycles. The van der Waals surface area contributed by atoms with E-state index in [-0.39, 0.29) is 0 Å². The van der Waals surface area contributed by atoms with Crippen molar-refractivity contribution in [1.82, 2.24) is 10.2 Å². The largest absolute Gasteiger partial charge is 0.460 e. The molecular weight excluding hydrogens is 264 g/mol. The fraction of sp³-hybridized carbons (Fsp3) is 0.125. The summed E-state index contributed by atoms with van der Waals surface area (Å²) in [6.45, 7) is 2.53. The van der Waals surface area contributed by atoms with Gasteiger partial charge in [0, 0.05) is 17.8 Å². The summed E-state index contributed by atoms with van der Waals surface area (Å²) in [7, 11) is 0. The molecule has 2 heterocycles. The zero-order chi connectivity index (χ0) is 14.7. The predicted octanol–water partition coefficient (Wildman–Crippen LogP) is 3.46. The van der Waals surface area contributed by atoms with Crippen molar-refractivity contribution in [2.75, 3.05) is 5.32 Å². The molecule has 0 bridgehead atoms. The number of anilines is 1. The van der Waals surface area contributed by atoms with Gasteiger partial charge in [-0.15, -0.1) is 0 Å². The molecule has 0 atom stereocenters. The van der Waals surface area contributed by atoms with Crippen molar-refractivity contribution in [2.45, 2.75) is 13.5 Å². The quantitative estimate of drug-likeness (QED) is 0.766. The van der Waals surface area contributed by atoms with E-state index in [0.29, 0.717) is 12.1 Å². The molecule has 104 valence electrons. The Bertz CT molecular complexity index is 777. The number of benzene rings is 1. The molecule has 0 saturated heterocycles. The van der Waals surface area contributed by atoms with Crippen molar-refractivity contribution in [3.05, 3.63) is 59.5 Å². The first-order valence-corrected chi connectivity index (χ1v) is 6.59. The summed E-state index contributed by atoms with van der Waals surface area (Å²) in [5.41, 5.74) is 3.50. The van der Waals surface area contributed by atoms with Crippen LogP contribution in [-0.4, -0.2) is 10.2 Å². The van der Waals surface area contributed by atoms with Gasteiger partial charge in [-0.05, 0) is 43.3 Å². The van der Waals surface area contributed by atoms with Crippen LogP contribution in [0.3, 0.4) is 0 Å². The van der Waals surface area contributed by atoms with E-state index in [1.807, 2.05) is 31.2 Å². The van der Waals surface area contributed by atoms with Crippen molar-refractivity contribution in [3.63, 3.8) is 0 Å². The maximum absolute atomic E-state index is 8.78. The fourth-order valence-corrected chi connectivity index (χ4v) is 2.09. The van der Waals surface area contributed by atoms with Crippen LogP contribution in [0.2, 0.25) is 0 Å². The van der Waals surface area contributed by atoms with E-state index in [9.17, 15) is 0 Å². The number of aromatic nitrogens is 2. The number of hydrogen-bond donors (Lipinski definition) is 2. The zero-order valence-electron chi connectivity index (χ0n) is 11.6. The Kier molecular flexibility index (Phi) is 3.44. The standard InChI is InChI=1S/C16H14N4O/c1-11-2-7-15(21-11)16-13(10-19-20-16)9-18-14-5-3-12(8-17)4-6-14/h2-7,10,18H,9H2,1H3,(H,19,20). The molecule has 0 spiro atoms. The first-order chi connectivity index (χ1) is 10.3. The molecule has 5 nitrogen and oxygen atoms in total. The number of H-pyrrole nitrogens is 1. The summed E-state index contributed by atoms with van der Waals surface area (Å²) in [4.78, 5) is 0. The normalized spacial score (nSPS) is 10.3. The molecule has 0 saturated carbocycles. The second-order valence-electron chi connectivity index (χ2n) is 4.72. The Morgan fingerprint density at radius 2 is 2.05 bits per heavy atom. The van der Waals surface area contributed by atoms with E-state index in [1.54, 1.807) is 18.3 Å². The van der Waals surface area contributed by atoms with Gasteiger partial charge in [0.15, 0.2) is 5.76 Å². The molecule has 0 fully saturated rings. The highest BCUT2D eigenvalue weighted by atomic mass is 16.3. The predicted molar refractivity (Wildman–Crippen MR) is 79.5 cm³/mol. The van der Waals surface area contributed by atoms with Gasteiger partial charge < -0.3 is 9.73 Å². The lowest BCUT2D eigenvalue weighted by Crippen LogP contribution is -1.99. The smallest absolute Gasteiger partial charge is 0.152 e. The first-order valence-electron chi connectivity index (χ1n) is 6.59. The molecule has 0 unspecified atom stereocenters. The van der Waals surface area contributed by atoms with E-state index < -0.39 is 0 Å². The van der Waals surface area contributed by atoms with Crippen molar-refractivity contribution in [3.8, 4) is 17.5 Å². The van der Waals surface area contributed by atoms with Crippen molar-refractivity contribution >= 4 is 5.69 Å². The molecule has 21 heavy (non-hydrogen) atoms. The number of nitrogens with zero attached hydrogens (tertiary/aromatic N) is 2. The second-order valence-corrected chi connectivity index (χ2v) is 4.72. The van der Waals surface area contributed by atoms with Crippen molar-refractivity contribution in [1.29, 1.82) is 5.26 Å². The second kappa shape index (κ2) is 5.55. The van der Waals surface area contributed by atoms with E-state index >= 15 is 0 Å². The maximum Gasteiger partial charge on any atom is 0.152 e. The van der Waals surface area contributed by atoms with Crippen LogP contribution in [0.25, 0.3) is 11.5 Å². The number of hydrogen-bond acceptors (Lipinski definition) is 4. The van der Waals surface area contributed by atoms with Gasteiger partial charge in [-0.25, -0.2) is 0 Å². The fourth-order valence-electron chi connectivity index (χ4n) is 2.09. The Morgan fingerprint density at radius 3 is 2.71 bits per heavy atom. The zero-order valence-corrected chi connectivity index (χ0v) is 11.6. The van der Waals surface area contributed by atoms with Crippen molar-refractivity contribution < 1.29 is 4.42 Å². The highest BCUT2D eigenvalue weighted by Crippen LogP contribution is 2.24. The van der Waals surface area contributed by atoms with E-state index in [1.165, 1.54) is 0 Å². The lowest BCUT2D eigenvalue weighted by atomic mass is 10.2. The molecule has 0 aliphatic rings. The van der Waals surface area contributed by atoms with Gasteiger partial charge in [0.05, 0.1) is 17.8 Å². The third kappa shape index (κ3) is 2.79. The van der Waals surface area contributed by atoms with Crippen LogP contribution in [0.1, 0.15) is 16.9 Å². The van der Waals surface area contributed by atoms with Gasteiger partial charge >= 0.3 is 0 Å². The van der Waals surface area contributed by atoms with Crippen LogP contribution in [0.4, 0.5) is 5.69 Å². The third-order valence-corrected chi connectivity index (χ3v) is 3.20. The highest BCUT2D eigenvalue weighted by Gasteiger charge is 2.10. The van der Waals surface area contributed by atoms with E-state index in [0.717, 1.165) is 28.5 Å².